The highest BCUT2D eigenvalue weighted by Crippen LogP contribution is 2.07. The third-order valence-corrected chi connectivity index (χ3v) is 3.17. The van der Waals surface area contributed by atoms with E-state index in [1.807, 2.05) is 47.4 Å². The standard InChI is InChI=1S/C16H22N4O2/c1-22-11-5-9-17-16(21)18-10-8-14-12-19-20(13-14)15-6-3-2-4-7-15/h2-4,6-7,12-13H,5,8-11H2,1H3,(H2,17,18,21). The minimum atomic E-state index is -0.147. The normalized spacial score (nSPS) is 10.4. The van der Waals surface area contributed by atoms with Gasteiger partial charge in [0, 0.05) is 33.0 Å². The number of benzene rings is 1. The summed E-state index contributed by atoms with van der Waals surface area (Å²) >= 11 is 0. The van der Waals surface area contributed by atoms with Crippen molar-refractivity contribution in [3.05, 3.63) is 48.3 Å². The molecule has 0 saturated carbocycles. The number of carbonyl (C=O) groups is 1. The van der Waals surface area contributed by atoms with E-state index in [4.69, 9.17) is 4.74 Å². The summed E-state index contributed by atoms with van der Waals surface area (Å²) < 4.78 is 6.75. The Morgan fingerprint density at radius 3 is 2.77 bits per heavy atom. The lowest BCUT2D eigenvalue weighted by Crippen LogP contribution is -2.37. The number of hydrogen-bond donors (Lipinski definition) is 2. The van der Waals surface area contributed by atoms with E-state index >= 15 is 0 Å². The van der Waals surface area contributed by atoms with Crippen molar-refractivity contribution in [2.24, 2.45) is 0 Å². The third kappa shape index (κ3) is 5.21. The number of nitrogens with zero attached hydrogens (tertiary/aromatic N) is 2. The van der Waals surface area contributed by atoms with E-state index in [-0.39, 0.29) is 6.03 Å². The maximum Gasteiger partial charge on any atom is 0.314 e. The molecule has 22 heavy (non-hydrogen) atoms. The number of carbonyl (C=O) groups excluding carboxylic acids is 1. The van der Waals surface area contributed by atoms with Crippen molar-refractivity contribution in [2.45, 2.75) is 12.8 Å². The fourth-order valence-electron chi connectivity index (χ4n) is 2.01. The van der Waals surface area contributed by atoms with E-state index < -0.39 is 0 Å². The molecule has 0 radical (unpaired) electrons. The van der Waals surface area contributed by atoms with Gasteiger partial charge in [-0.25, -0.2) is 9.48 Å². The number of amides is 2. The molecule has 0 fully saturated rings. The Hall–Kier alpha value is -2.34. The number of urea groups is 1. The number of ether oxygens (including phenoxy) is 1. The zero-order valence-electron chi connectivity index (χ0n) is 12.8. The van der Waals surface area contributed by atoms with Crippen LogP contribution in [0.2, 0.25) is 0 Å². The maximum absolute atomic E-state index is 11.5. The molecule has 0 spiro atoms. The summed E-state index contributed by atoms with van der Waals surface area (Å²) in [6, 6.07) is 9.79. The Labute approximate surface area is 130 Å². The monoisotopic (exact) mass is 302 g/mol. The number of rotatable bonds is 8. The van der Waals surface area contributed by atoms with Gasteiger partial charge >= 0.3 is 6.03 Å². The Kier molecular flexibility index (Phi) is 6.44. The van der Waals surface area contributed by atoms with Crippen LogP contribution in [0.4, 0.5) is 4.79 Å². The summed E-state index contributed by atoms with van der Waals surface area (Å²) in [6.07, 6.45) is 5.37. The largest absolute Gasteiger partial charge is 0.385 e. The number of hydrogen-bond acceptors (Lipinski definition) is 3. The number of nitrogens with one attached hydrogen (secondary N) is 2. The highest BCUT2D eigenvalue weighted by molar-refractivity contribution is 5.73. The van der Waals surface area contributed by atoms with Crippen molar-refractivity contribution in [1.82, 2.24) is 20.4 Å². The highest BCUT2D eigenvalue weighted by atomic mass is 16.5. The Balaban J connectivity index is 1.69. The van der Waals surface area contributed by atoms with Crippen LogP contribution < -0.4 is 10.6 Å². The van der Waals surface area contributed by atoms with E-state index in [0.29, 0.717) is 19.7 Å². The predicted octanol–water partition coefficient (Wildman–Crippen LogP) is 1.75. The topological polar surface area (TPSA) is 68.2 Å². The van der Waals surface area contributed by atoms with Gasteiger partial charge in [-0.3, -0.25) is 0 Å². The van der Waals surface area contributed by atoms with Crippen molar-refractivity contribution in [3.8, 4) is 5.69 Å². The molecule has 0 unspecified atom stereocenters. The lowest BCUT2D eigenvalue weighted by atomic mass is 10.2. The first-order chi connectivity index (χ1) is 10.8. The summed E-state index contributed by atoms with van der Waals surface area (Å²) in [4.78, 5) is 11.5. The van der Waals surface area contributed by atoms with E-state index in [9.17, 15) is 4.79 Å². The number of methoxy groups -OCH3 is 1. The van der Waals surface area contributed by atoms with Gasteiger partial charge in [0.1, 0.15) is 0 Å². The molecule has 0 saturated heterocycles. The average molecular weight is 302 g/mol. The molecule has 2 amide bonds. The lowest BCUT2D eigenvalue weighted by molar-refractivity contribution is 0.193. The second-order valence-electron chi connectivity index (χ2n) is 4.91. The van der Waals surface area contributed by atoms with Crippen molar-refractivity contribution in [2.75, 3.05) is 26.8 Å². The summed E-state index contributed by atoms with van der Waals surface area (Å²) in [6.45, 7) is 1.85. The summed E-state index contributed by atoms with van der Waals surface area (Å²) in [5, 5.41) is 9.94. The van der Waals surface area contributed by atoms with Crippen molar-refractivity contribution in [1.29, 1.82) is 0 Å². The third-order valence-electron chi connectivity index (χ3n) is 3.17. The molecule has 2 aromatic rings. The van der Waals surface area contributed by atoms with Gasteiger partial charge in [-0.2, -0.15) is 5.10 Å². The SMILES string of the molecule is COCCCNC(=O)NCCc1cnn(-c2ccccc2)c1. The second-order valence-corrected chi connectivity index (χ2v) is 4.91. The predicted molar refractivity (Wildman–Crippen MR) is 85.2 cm³/mol. The minimum Gasteiger partial charge on any atom is -0.385 e. The molecular weight excluding hydrogens is 280 g/mol. The molecule has 0 aliphatic heterocycles. The van der Waals surface area contributed by atoms with Crippen LogP contribution in [0.15, 0.2) is 42.7 Å². The maximum atomic E-state index is 11.5. The number of aromatic nitrogens is 2. The number of para-hydroxylation sites is 1. The first-order valence-electron chi connectivity index (χ1n) is 7.39. The zero-order valence-corrected chi connectivity index (χ0v) is 12.8. The lowest BCUT2D eigenvalue weighted by Gasteiger charge is -2.06. The van der Waals surface area contributed by atoms with Gasteiger partial charge in [-0.15, -0.1) is 0 Å². The van der Waals surface area contributed by atoms with Crippen LogP contribution in [-0.2, 0) is 11.2 Å². The quantitative estimate of drug-likeness (QED) is 0.730. The fraction of sp³-hybridized carbons (Fsp3) is 0.375. The Bertz CT molecular complexity index is 569. The van der Waals surface area contributed by atoms with Crippen molar-refractivity contribution < 1.29 is 9.53 Å². The summed E-state index contributed by atoms with van der Waals surface area (Å²) in [5.74, 6) is 0. The van der Waals surface area contributed by atoms with Crippen LogP contribution in [0.5, 0.6) is 0 Å². The molecular formula is C16H22N4O2. The van der Waals surface area contributed by atoms with Crippen molar-refractivity contribution in [3.63, 3.8) is 0 Å². The van der Waals surface area contributed by atoms with Gasteiger partial charge in [0.25, 0.3) is 0 Å². The molecule has 6 heteroatoms. The molecule has 2 N–H and O–H groups in total. The highest BCUT2D eigenvalue weighted by Gasteiger charge is 2.02. The molecule has 1 heterocycles. The Morgan fingerprint density at radius 2 is 2.00 bits per heavy atom. The molecule has 6 nitrogen and oxygen atoms in total. The molecule has 0 atom stereocenters. The van der Waals surface area contributed by atoms with Gasteiger partial charge in [0.05, 0.1) is 11.9 Å². The molecule has 1 aromatic carbocycles. The minimum absolute atomic E-state index is 0.147. The van der Waals surface area contributed by atoms with Gasteiger partial charge in [0.15, 0.2) is 0 Å². The molecule has 118 valence electrons. The smallest absolute Gasteiger partial charge is 0.314 e. The zero-order chi connectivity index (χ0) is 15.6. The van der Waals surface area contributed by atoms with Crippen LogP contribution in [0.25, 0.3) is 5.69 Å². The van der Waals surface area contributed by atoms with E-state index in [2.05, 4.69) is 15.7 Å². The van der Waals surface area contributed by atoms with Crippen LogP contribution in [-0.4, -0.2) is 42.6 Å². The van der Waals surface area contributed by atoms with Gasteiger partial charge in [-0.1, -0.05) is 18.2 Å². The average Bonchev–Trinajstić information content (AvgIpc) is 3.01. The first-order valence-corrected chi connectivity index (χ1v) is 7.39. The van der Waals surface area contributed by atoms with Crippen LogP contribution in [0.3, 0.4) is 0 Å². The molecule has 1 aromatic heterocycles. The fourth-order valence-corrected chi connectivity index (χ4v) is 2.01. The van der Waals surface area contributed by atoms with Gasteiger partial charge in [-0.05, 0) is 30.5 Å². The van der Waals surface area contributed by atoms with E-state index in [1.54, 1.807) is 7.11 Å². The summed E-state index contributed by atoms with van der Waals surface area (Å²) in [7, 11) is 1.65. The molecule has 0 aliphatic rings. The second kappa shape index (κ2) is 8.84. The Morgan fingerprint density at radius 1 is 1.23 bits per heavy atom. The first kappa shape index (κ1) is 16.0. The van der Waals surface area contributed by atoms with Crippen LogP contribution in [0.1, 0.15) is 12.0 Å². The van der Waals surface area contributed by atoms with Crippen LogP contribution >= 0.6 is 0 Å². The molecule has 2 rings (SSSR count). The molecule has 0 aliphatic carbocycles. The molecule has 0 bridgehead atoms. The van der Waals surface area contributed by atoms with Gasteiger partial charge in [0.2, 0.25) is 0 Å². The van der Waals surface area contributed by atoms with E-state index in [1.165, 1.54) is 0 Å². The van der Waals surface area contributed by atoms with E-state index in [0.717, 1.165) is 24.1 Å². The van der Waals surface area contributed by atoms with Gasteiger partial charge < -0.3 is 15.4 Å². The van der Waals surface area contributed by atoms with Crippen LogP contribution in [0, 0.1) is 0 Å². The summed E-state index contributed by atoms with van der Waals surface area (Å²) in [5.41, 5.74) is 2.11. The van der Waals surface area contributed by atoms with Crippen molar-refractivity contribution >= 4 is 6.03 Å².